The first-order valence-corrected chi connectivity index (χ1v) is 9.00. The lowest BCUT2D eigenvalue weighted by atomic mass is 10.1. The van der Waals surface area contributed by atoms with Gasteiger partial charge in [0.15, 0.2) is 0 Å². The van der Waals surface area contributed by atoms with Crippen molar-refractivity contribution in [1.82, 2.24) is 0 Å². The normalized spacial score (nSPS) is 14.6. The Bertz CT molecular complexity index is 890. The second-order valence-electron chi connectivity index (χ2n) is 6.02. The lowest BCUT2D eigenvalue weighted by Crippen LogP contribution is -2.31. The van der Waals surface area contributed by atoms with Crippen molar-refractivity contribution in [1.29, 1.82) is 0 Å². The zero-order chi connectivity index (χ0) is 18.8. The predicted octanol–water partition coefficient (Wildman–Crippen LogP) is 4.26. The average molecular weight is 371 g/mol. The Morgan fingerprint density at radius 1 is 1.04 bits per heavy atom. The monoisotopic (exact) mass is 371 g/mol. The van der Waals surface area contributed by atoms with E-state index >= 15 is 0 Å². The van der Waals surface area contributed by atoms with E-state index in [2.05, 4.69) is 0 Å². The van der Waals surface area contributed by atoms with Crippen molar-refractivity contribution in [2.24, 2.45) is 0 Å². The highest BCUT2D eigenvalue weighted by Gasteiger charge is 2.40. The Labute approximate surface area is 155 Å². The van der Waals surface area contributed by atoms with E-state index in [1.165, 1.54) is 43.1 Å². The van der Waals surface area contributed by atoms with Crippen LogP contribution in [-0.4, -0.2) is 24.2 Å². The molecule has 0 saturated heterocycles. The van der Waals surface area contributed by atoms with Crippen LogP contribution in [0.5, 0.6) is 5.75 Å². The van der Waals surface area contributed by atoms with E-state index in [1.807, 2.05) is 13.8 Å². The molecule has 134 valence electrons. The number of ether oxygens (including phenoxy) is 1. The number of imide groups is 1. The van der Waals surface area contributed by atoms with Crippen LogP contribution in [0.1, 0.15) is 19.4 Å². The third kappa shape index (κ3) is 3.37. The van der Waals surface area contributed by atoms with Gasteiger partial charge in [-0.15, -0.1) is 11.8 Å². The molecule has 0 atom stereocenters. The molecule has 2 amide bonds. The van der Waals surface area contributed by atoms with Gasteiger partial charge >= 0.3 is 0 Å². The van der Waals surface area contributed by atoms with E-state index in [0.29, 0.717) is 27.5 Å². The van der Waals surface area contributed by atoms with Gasteiger partial charge in [0.05, 0.1) is 23.3 Å². The maximum absolute atomic E-state index is 13.3. The van der Waals surface area contributed by atoms with Crippen LogP contribution in [0.25, 0.3) is 5.57 Å². The summed E-state index contributed by atoms with van der Waals surface area (Å²) in [4.78, 5) is 27.6. The minimum absolute atomic E-state index is 0.113. The van der Waals surface area contributed by atoms with Gasteiger partial charge in [-0.25, -0.2) is 9.29 Å². The molecule has 2 aromatic carbocycles. The molecule has 0 N–H and O–H groups in total. The molecule has 6 heteroatoms. The maximum Gasteiger partial charge on any atom is 0.272 e. The summed E-state index contributed by atoms with van der Waals surface area (Å²) in [6, 6.07) is 12.4. The summed E-state index contributed by atoms with van der Waals surface area (Å²) in [7, 11) is 1.52. The van der Waals surface area contributed by atoms with Gasteiger partial charge < -0.3 is 4.74 Å². The van der Waals surface area contributed by atoms with E-state index in [9.17, 15) is 14.0 Å². The average Bonchev–Trinajstić information content (AvgIpc) is 2.85. The van der Waals surface area contributed by atoms with Crippen LogP contribution in [0.15, 0.2) is 53.4 Å². The first kappa shape index (κ1) is 18.2. The van der Waals surface area contributed by atoms with Gasteiger partial charge in [0.25, 0.3) is 11.8 Å². The molecular weight excluding hydrogens is 353 g/mol. The minimum atomic E-state index is -0.419. The molecule has 2 aromatic rings. The van der Waals surface area contributed by atoms with Crippen LogP contribution in [0.3, 0.4) is 0 Å². The number of hydrogen-bond donors (Lipinski definition) is 0. The SMILES string of the molecule is COc1cccc(N2C(=O)C(SC(C)C)=C(c3ccc(F)cc3)C2=O)c1. The number of hydrogen-bond acceptors (Lipinski definition) is 4. The Balaban J connectivity index is 2.09. The number of thioether (sulfide) groups is 1. The summed E-state index contributed by atoms with van der Waals surface area (Å²) < 4.78 is 18.5. The van der Waals surface area contributed by atoms with E-state index < -0.39 is 11.7 Å². The van der Waals surface area contributed by atoms with Gasteiger partial charge in [-0.2, -0.15) is 0 Å². The van der Waals surface area contributed by atoms with Crippen molar-refractivity contribution >= 4 is 34.8 Å². The van der Waals surface area contributed by atoms with Crippen LogP contribution < -0.4 is 9.64 Å². The molecule has 0 aromatic heterocycles. The van der Waals surface area contributed by atoms with Crippen LogP contribution in [0.2, 0.25) is 0 Å². The standard InChI is InChI=1S/C20H18FNO3S/c1-12(2)26-18-17(13-7-9-14(21)10-8-13)19(23)22(20(18)24)15-5-4-6-16(11-15)25-3/h4-12H,1-3H3. The fraction of sp³-hybridized carbons (Fsp3) is 0.200. The molecule has 1 aliphatic rings. The number of rotatable bonds is 5. The summed E-state index contributed by atoms with van der Waals surface area (Å²) >= 11 is 1.33. The van der Waals surface area contributed by atoms with Crippen molar-refractivity contribution in [3.05, 3.63) is 64.8 Å². The molecule has 0 unspecified atom stereocenters. The number of methoxy groups -OCH3 is 1. The molecule has 0 aliphatic carbocycles. The van der Waals surface area contributed by atoms with E-state index in [1.54, 1.807) is 24.3 Å². The van der Waals surface area contributed by atoms with Gasteiger partial charge in [0.1, 0.15) is 11.6 Å². The van der Waals surface area contributed by atoms with Gasteiger partial charge in [-0.05, 0) is 29.8 Å². The molecule has 0 fully saturated rings. The number of anilines is 1. The number of nitrogens with zero attached hydrogens (tertiary/aromatic N) is 1. The summed E-state index contributed by atoms with van der Waals surface area (Å²) in [5.74, 6) is -0.635. The lowest BCUT2D eigenvalue weighted by molar-refractivity contribution is -0.119. The van der Waals surface area contributed by atoms with Crippen LogP contribution in [0, 0.1) is 5.82 Å². The molecule has 0 spiro atoms. The topological polar surface area (TPSA) is 46.6 Å². The Kier molecular flexibility index (Phi) is 5.13. The molecule has 4 nitrogen and oxygen atoms in total. The van der Waals surface area contributed by atoms with Crippen LogP contribution in [0.4, 0.5) is 10.1 Å². The highest BCUT2D eigenvalue weighted by Crippen LogP contribution is 2.40. The molecule has 0 bridgehead atoms. The highest BCUT2D eigenvalue weighted by atomic mass is 32.2. The number of benzene rings is 2. The summed E-state index contributed by atoms with van der Waals surface area (Å²) in [6.07, 6.45) is 0. The number of carbonyl (C=O) groups is 2. The lowest BCUT2D eigenvalue weighted by Gasteiger charge is -2.16. The number of amides is 2. The van der Waals surface area contributed by atoms with Gasteiger partial charge in [-0.3, -0.25) is 9.59 Å². The molecule has 0 saturated carbocycles. The fourth-order valence-corrected chi connectivity index (χ4v) is 3.70. The molecular formula is C20H18FNO3S. The molecule has 3 rings (SSSR count). The minimum Gasteiger partial charge on any atom is -0.497 e. The number of halogens is 1. The highest BCUT2D eigenvalue weighted by molar-refractivity contribution is 8.04. The van der Waals surface area contributed by atoms with E-state index in [0.717, 1.165) is 4.90 Å². The molecule has 1 aliphatic heterocycles. The molecule has 26 heavy (non-hydrogen) atoms. The van der Waals surface area contributed by atoms with Gasteiger partial charge in [0, 0.05) is 11.3 Å². The predicted molar refractivity (Wildman–Crippen MR) is 102 cm³/mol. The van der Waals surface area contributed by atoms with Crippen molar-refractivity contribution in [2.75, 3.05) is 12.0 Å². The van der Waals surface area contributed by atoms with Gasteiger partial charge in [-0.1, -0.05) is 32.0 Å². The quantitative estimate of drug-likeness (QED) is 0.737. The van der Waals surface area contributed by atoms with Crippen molar-refractivity contribution in [3.8, 4) is 5.75 Å². The second-order valence-corrected chi connectivity index (χ2v) is 7.61. The number of carbonyl (C=O) groups excluding carboxylic acids is 2. The third-order valence-electron chi connectivity index (χ3n) is 3.84. The Hall–Kier alpha value is -2.60. The molecule has 1 heterocycles. The Morgan fingerprint density at radius 3 is 2.35 bits per heavy atom. The van der Waals surface area contributed by atoms with Crippen molar-refractivity contribution in [2.45, 2.75) is 19.1 Å². The first-order valence-electron chi connectivity index (χ1n) is 8.12. The fourth-order valence-electron chi connectivity index (χ4n) is 2.71. The zero-order valence-corrected chi connectivity index (χ0v) is 15.5. The Morgan fingerprint density at radius 2 is 1.73 bits per heavy atom. The summed E-state index contributed by atoms with van der Waals surface area (Å²) in [5, 5.41) is 0.113. The summed E-state index contributed by atoms with van der Waals surface area (Å²) in [6.45, 7) is 3.90. The maximum atomic E-state index is 13.3. The van der Waals surface area contributed by atoms with Crippen molar-refractivity contribution in [3.63, 3.8) is 0 Å². The van der Waals surface area contributed by atoms with Crippen LogP contribution in [-0.2, 0) is 9.59 Å². The van der Waals surface area contributed by atoms with Crippen molar-refractivity contribution < 1.29 is 18.7 Å². The van der Waals surface area contributed by atoms with E-state index in [4.69, 9.17) is 4.74 Å². The largest absolute Gasteiger partial charge is 0.497 e. The van der Waals surface area contributed by atoms with Crippen LogP contribution >= 0.6 is 11.8 Å². The second kappa shape index (κ2) is 7.33. The van der Waals surface area contributed by atoms with E-state index in [-0.39, 0.29) is 11.2 Å². The zero-order valence-electron chi connectivity index (χ0n) is 14.7. The van der Waals surface area contributed by atoms with Gasteiger partial charge in [0.2, 0.25) is 0 Å². The summed E-state index contributed by atoms with van der Waals surface area (Å²) in [5.41, 5.74) is 1.27. The smallest absolute Gasteiger partial charge is 0.272 e. The first-order chi connectivity index (χ1) is 12.4. The molecule has 0 radical (unpaired) electrons. The third-order valence-corrected chi connectivity index (χ3v) is 4.93.